The zero-order valence-electron chi connectivity index (χ0n) is 15.6. The second-order valence-electron chi connectivity index (χ2n) is 7.24. The maximum absolute atomic E-state index is 12.6. The van der Waals surface area contributed by atoms with E-state index in [4.69, 9.17) is 9.26 Å². The predicted molar refractivity (Wildman–Crippen MR) is 99.7 cm³/mol. The van der Waals surface area contributed by atoms with Crippen molar-refractivity contribution < 1.29 is 14.1 Å². The van der Waals surface area contributed by atoms with Crippen LogP contribution in [-0.2, 0) is 17.6 Å². The number of benzene rings is 1. The molecule has 1 unspecified atom stereocenters. The fraction of sp³-hybridized carbons (Fsp3) is 0.400. The molecule has 8 nitrogen and oxygen atoms in total. The number of rotatable bonds is 5. The highest BCUT2D eigenvalue weighted by Crippen LogP contribution is 2.34. The summed E-state index contributed by atoms with van der Waals surface area (Å²) in [5.74, 6) is 1.15. The van der Waals surface area contributed by atoms with Crippen LogP contribution in [0.5, 0.6) is 0 Å². The molecule has 3 heterocycles. The van der Waals surface area contributed by atoms with E-state index in [9.17, 15) is 4.79 Å². The van der Waals surface area contributed by atoms with Gasteiger partial charge in [0.25, 0.3) is 5.91 Å². The molecule has 5 rings (SSSR count). The highest BCUT2D eigenvalue weighted by Gasteiger charge is 2.27. The third-order valence-corrected chi connectivity index (χ3v) is 5.41. The van der Waals surface area contributed by atoms with Gasteiger partial charge in [-0.1, -0.05) is 24.2 Å². The van der Waals surface area contributed by atoms with Gasteiger partial charge >= 0.3 is 0 Å². The molecule has 1 aliphatic carbocycles. The predicted octanol–water partition coefficient (Wildman–Crippen LogP) is 2.48. The van der Waals surface area contributed by atoms with E-state index in [1.54, 1.807) is 12.4 Å². The molecule has 0 radical (unpaired) electrons. The van der Waals surface area contributed by atoms with E-state index in [0.717, 1.165) is 30.4 Å². The zero-order valence-corrected chi connectivity index (χ0v) is 15.6. The molecule has 144 valence electrons. The normalized spacial score (nSPS) is 18.7. The number of hydrogen-bond acceptors (Lipinski definition) is 6. The lowest BCUT2D eigenvalue weighted by atomic mass is 10.0. The first-order chi connectivity index (χ1) is 13.7. The maximum Gasteiger partial charge on any atom is 0.254 e. The average Bonchev–Trinajstić information content (AvgIpc) is 3.39. The van der Waals surface area contributed by atoms with Crippen molar-refractivity contribution in [2.45, 2.75) is 38.3 Å². The van der Waals surface area contributed by atoms with Crippen molar-refractivity contribution in [3.63, 3.8) is 0 Å². The Kier molecular flexibility index (Phi) is 4.20. The van der Waals surface area contributed by atoms with Gasteiger partial charge in [-0.25, -0.2) is 0 Å². The number of aromatic nitrogens is 4. The SMILES string of the molecule is CCc1nc(-c2ccc3c(c2)CCC3NC(=O)c2cnn(C3COC3)c2)no1. The molecule has 2 aromatic heterocycles. The van der Waals surface area contributed by atoms with Crippen LogP contribution in [0.4, 0.5) is 0 Å². The molecule has 8 heteroatoms. The van der Waals surface area contributed by atoms with Crippen LogP contribution in [0, 0.1) is 0 Å². The summed E-state index contributed by atoms with van der Waals surface area (Å²) in [7, 11) is 0. The molecule has 0 bridgehead atoms. The Labute approximate surface area is 161 Å². The van der Waals surface area contributed by atoms with Gasteiger partial charge in [0.2, 0.25) is 11.7 Å². The minimum absolute atomic E-state index is 0.00315. The van der Waals surface area contributed by atoms with Gasteiger partial charge in [-0.15, -0.1) is 0 Å². The van der Waals surface area contributed by atoms with Gasteiger partial charge in [0, 0.05) is 18.2 Å². The molecule has 1 atom stereocenters. The molecule has 3 aromatic rings. The van der Waals surface area contributed by atoms with Gasteiger partial charge in [-0.05, 0) is 30.0 Å². The Bertz CT molecular complexity index is 1020. The summed E-state index contributed by atoms with van der Waals surface area (Å²) in [4.78, 5) is 17.0. The number of ether oxygens (including phenoxy) is 1. The summed E-state index contributed by atoms with van der Waals surface area (Å²) < 4.78 is 12.2. The van der Waals surface area contributed by atoms with Crippen LogP contribution in [0.1, 0.15) is 52.8 Å². The van der Waals surface area contributed by atoms with E-state index in [0.29, 0.717) is 30.5 Å². The van der Waals surface area contributed by atoms with Crippen molar-refractivity contribution >= 4 is 5.91 Å². The molecule has 1 saturated heterocycles. The summed E-state index contributed by atoms with van der Waals surface area (Å²) >= 11 is 0. The van der Waals surface area contributed by atoms with Gasteiger partial charge < -0.3 is 14.6 Å². The Morgan fingerprint density at radius 2 is 2.25 bits per heavy atom. The fourth-order valence-corrected chi connectivity index (χ4v) is 3.69. The van der Waals surface area contributed by atoms with Crippen LogP contribution in [0.3, 0.4) is 0 Å². The highest BCUT2D eigenvalue weighted by atomic mass is 16.5. The Morgan fingerprint density at radius 1 is 1.36 bits per heavy atom. The fourth-order valence-electron chi connectivity index (χ4n) is 3.69. The van der Waals surface area contributed by atoms with Crippen molar-refractivity contribution in [1.82, 2.24) is 25.2 Å². The number of nitrogens with zero attached hydrogens (tertiary/aromatic N) is 4. The van der Waals surface area contributed by atoms with Gasteiger partial charge in [0.1, 0.15) is 0 Å². The molecule has 2 aliphatic rings. The Balaban J connectivity index is 1.30. The molecule has 1 amide bonds. The lowest BCUT2D eigenvalue weighted by Crippen LogP contribution is -2.31. The smallest absolute Gasteiger partial charge is 0.254 e. The van der Waals surface area contributed by atoms with Crippen molar-refractivity contribution in [3.8, 4) is 11.4 Å². The standard InChI is InChI=1S/C20H21N5O3/c1-2-18-23-19(24-28-18)13-3-5-16-12(7-13)4-6-17(16)22-20(26)14-8-21-25(9-14)15-10-27-11-15/h3,5,7-9,15,17H,2,4,6,10-11H2,1H3,(H,22,26). The van der Waals surface area contributed by atoms with Gasteiger partial charge in [-0.3, -0.25) is 9.48 Å². The van der Waals surface area contributed by atoms with Crippen molar-refractivity contribution in [2.75, 3.05) is 13.2 Å². The lowest BCUT2D eigenvalue weighted by Gasteiger charge is -2.25. The zero-order chi connectivity index (χ0) is 19.1. The van der Waals surface area contributed by atoms with Crippen LogP contribution >= 0.6 is 0 Å². The van der Waals surface area contributed by atoms with Crippen LogP contribution in [-0.4, -0.2) is 39.0 Å². The first-order valence-electron chi connectivity index (χ1n) is 9.60. The molecule has 1 fully saturated rings. The molecule has 0 saturated carbocycles. The second kappa shape index (κ2) is 6.87. The number of hydrogen-bond donors (Lipinski definition) is 1. The minimum Gasteiger partial charge on any atom is -0.377 e. The van der Waals surface area contributed by atoms with E-state index in [1.807, 2.05) is 17.7 Å². The molecule has 1 aromatic carbocycles. The Hall–Kier alpha value is -3.00. The van der Waals surface area contributed by atoms with Crippen LogP contribution < -0.4 is 5.32 Å². The van der Waals surface area contributed by atoms with Crippen molar-refractivity contribution in [3.05, 3.63) is 53.2 Å². The molecule has 1 aliphatic heterocycles. The van der Waals surface area contributed by atoms with E-state index in [2.05, 4.69) is 32.7 Å². The lowest BCUT2D eigenvalue weighted by molar-refractivity contribution is -0.0286. The minimum atomic E-state index is -0.0980. The number of nitrogens with one attached hydrogen (secondary N) is 1. The average molecular weight is 379 g/mol. The summed E-state index contributed by atoms with van der Waals surface area (Å²) in [6, 6.07) is 6.39. The topological polar surface area (TPSA) is 95.1 Å². The van der Waals surface area contributed by atoms with E-state index >= 15 is 0 Å². The molecular formula is C20H21N5O3. The number of aryl methyl sites for hydroxylation is 2. The first-order valence-corrected chi connectivity index (χ1v) is 9.60. The molecule has 28 heavy (non-hydrogen) atoms. The van der Waals surface area contributed by atoms with E-state index in [-0.39, 0.29) is 18.0 Å². The summed E-state index contributed by atoms with van der Waals surface area (Å²) in [5.41, 5.74) is 3.89. The third-order valence-electron chi connectivity index (χ3n) is 5.41. The Morgan fingerprint density at radius 3 is 3.00 bits per heavy atom. The summed E-state index contributed by atoms with van der Waals surface area (Å²) in [6.07, 6.45) is 5.92. The number of fused-ring (bicyclic) bond motifs is 1. The van der Waals surface area contributed by atoms with Crippen molar-refractivity contribution in [2.24, 2.45) is 0 Å². The molecular weight excluding hydrogens is 358 g/mol. The van der Waals surface area contributed by atoms with Crippen LogP contribution in [0.2, 0.25) is 0 Å². The summed E-state index contributed by atoms with van der Waals surface area (Å²) in [6.45, 7) is 3.29. The maximum atomic E-state index is 12.6. The van der Waals surface area contributed by atoms with Crippen molar-refractivity contribution in [1.29, 1.82) is 0 Å². The van der Waals surface area contributed by atoms with Gasteiger partial charge in [-0.2, -0.15) is 10.1 Å². The number of carbonyl (C=O) groups is 1. The number of amides is 1. The number of carbonyl (C=O) groups excluding carboxylic acids is 1. The van der Waals surface area contributed by atoms with E-state index in [1.165, 1.54) is 5.56 Å². The quantitative estimate of drug-likeness (QED) is 0.732. The van der Waals surface area contributed by atoms with E-state index < -0.39 is 0 Å². The first kappa shape index (κ1) is 17.1. The molecule has 1 N–H and O–H groups in total. The highest BCUT2D eigenvalue weighted by molar-refractivity contribution is 5.94. The second-order valence-corrected chi connectivity index (χ2v) is 7.24. The third kappa shape index (κ3) is 2.99. The summed E-state index contributed by atoms with van der Waals surface area (Å²) in [5, 5.41) is 11.5. The van der Waals surface area contributed by atoms with Gasteiger partial charge in [0.05, 0.1) is 37.1 Å². The largest absolute Gasteiger partial charge is 0.377 e. The van der Waals surface area contributed by atoms with Crippen LogP contribution in [0.25, 0.3) is 11.4 Å². The van der Waals surface area contributed by atoms with Crippen LogP contribution in [0.15, 0.2) is 35.1 Å². The molecule has 0 spiro atoms. The monoisotopic (exact) mass is 379 g/mol. The van der Waals surface area contributed by atoms with Gasteiger partial charge in [0.15, 0.2) is 0 Å².